The second-order valence-corrected chi connectivity index (χ2v) is 16.0. The topological polar surface area (TPSA) is 108 Å². The molecule has 0 aliphatic heterocycles. The number of aliphatic hydroxyl groups is 1. The number of phosphoric acid groups is 1. The van der Waals surface area contributed by atoms with E-state index in [0.29, 0.717) is 17.4 Å². The van der Waals surface area contributed by atoms with Crippen molar-refractivity contribution in [1.82, 2.24) is 5.32 Å². The Morgan fingerprint density at radius 3 is 1.65 bits per heavy atom. The number of aliphatic hydroxyl groups excluding tert-OH is 1. The van der Waals surface area contributed by atoms with E-state index >= 15 is 0 Å². The fourth-order valence-electron chi connectivity index (χ4n) is 4.89. The highest BCUT2D eigenvalue weighted by Crippen LogP contribution is 2.38. The molecule has 1 amide bonds. The minimum absolute atomic E-state index is 0.0206. The van der Waals surface area contributed by atoms with Crippen molar-refractivity contribution < 1.29 is 32.9 Å². The van der Waals surface area contributed by atoms with Gasteiger partial charge in [0.15, 0.2) is 0 Å². The van der Waals surface area contributed by atoms with E-state index in [2.05, 4.69) is 116 Å². The molecule has 0 bridgehead atoms. The third-order valence-corrected chi connectivity index (χ3v) is 9.18. The van der Waals surface area contributed by atoms with E-state index < -0.39 is 26.6 Å². The van der Waals surface area contributed by atoms with Gasteiger partial charge in [0.1, 0.15) is 13.2 Å². The summed E-state index contributed by atoms with van der Waals surface area (Å²) in [6, 6.07) is -0.926. The van der Waals surface area contributed by atoms with E-state index in [1.807, 2.05) is 27.2 Å². The Morgan fingerprint density at radius 1 is 0.655 bits per heavy atom. The van der Waals surface area contributed by atoms with Crippen molar-refractivity contribution in [2.75, 3.05) is 40.9 Å². The molecule has 0 saturated heterocycles. The number of likely N-dealkylation sites (N-methyl/N-ethyl adjacent to an activating group) is 1. The fourth-order valence-corrected chi connectivity index (χ4v) is 5.62. The highest BCUT2D eigenvalue weighted by atomic mass is 31.2. The molecule has 0 aromatic heterocycles. The Kier molecular flexibility index (Phi) is 34.9. The van der Waals surface area contributed by atoms with E-state index in [9.17, 15) is 19.4 Å². The van der Waals surface area contributed by atoms with E-state index in [1.54, 1.807) is 6.08 Å². The third-order valence-electron chi connectivity index (χ3n) is 8.22. The lowest BCUT2D eigenvalue weighted by atomic mass is 10.1. The predicted octanol–water partition coefficient (Wildman–Crippen LogP) is 10.7. The number of nitrogens with zero attached hydrogens (tertiary/aromatic N) is 1. The maximum absolute atomic E-state index is 12.8. The molecule has 3 unspecified atom stereocenters. The van der Waals surface area contributed by atoms with Gasteiger partial charge in [-0.15, -0.1) is 0 Å². The summed E-state index contributed by atoms with van der Waals surface area (Å²) in [5.74, 6) is -0.250. The van der Waals surface area contributed by atoms with Crippen molar-refractivity contribution in [3.8, 4) is 0 Å². The summed E-state index contributed by atoms with van der Waals surface area (Å²) in [5, 5.41) is 13.6. The molecule has 0 spiro atoms. The van der Waals surface area contributed by atoms with Crippen molar-refractivity contribution in [2.24, 2.45) is 0 Å². The summed E-state index contributed by atoms with van der Waals surface area (Å²) < 4.78 is 23.0. The average molecular weight is 785 g/mol. The smallest absolute Gasteiger partial charge is 0.268 e. The maximum Gasteiger partial charge on any atom is 0.268 e. The van der Waals surface area contributed by atoms with Crippen molar-refractivity contribution in [3.05, 3.63) is 109 Å². The van der Waals surface area contributed by atoms with Gasteiger partial charge in [-0.1, -0.05) is 142 Å². The molecular weight excluding hydrogens is 707 g/mol. The van der Waals surface area contributed by atoms with Crippen molar-refractivity contribution in [1.29, 1.82) is 0 Å². The van der Waals surface area contributed by atoms with E-state index in [1.165, 1.54) is 0 Å². The van der Waals surface area contributed by atoms with Crippen LogP contribution in [0.4, 0.5) is 0 Å². The van der Waals surface area contributed by atoms with E-state index in [0.717, 1.165) is 96.3 Å². The SMILES string of the molecule is CC/C=C\C/C=C\C/C=C\C/C=C\C/C=C\C/C=C\C/C=C\CCCCCC(=O)NC(COP(=O)([O-])OCC[N+](C)(C)C)C(O)/C=C/CC/C=C/CCCC. The largest absolute Gasteiger partial charge is 0.756 e. The molecule has 3 atom stereocenters. The van der Waals surface area contributed by atoms with Gasteiger partial charge in [0.05, 0.1) is 39.9 Å². The number of nitrogens with one attached hydrogen (secondary N) is 1. The summed E-state index contributed by atoms with van der Waals surface area (Å²) in [4.78, 5) is 25.1. The average Bonchev–Trinajstić information content (AvgIpc) is 3.13. The first-order valence-electron chi connectivity index (χ1n) is 20.7. The standard InChI is InChI=1S/C46H77N2O6P/c1-6-8-10-12-14-16-17-18-19-20-21-22-23-24-25-26-27-28-29-30-31-32-34-36-38-40-46(50)47-44(43-54-55(51,52)53-42-41-48(3,4)5)45(49)39-37-35-33-15-13-11-9-7-2/h8,10,13-16,18-19,21-22,24-25,27-28,30-31,37,39,44-45,49H,6-7,9,11-12,17,20,23,26,29,32-36,38,40-43H2,1-5H3,(H-,47,50,51,52)/b10-8-,15-13+,16-14-,19-18-,22-21-,25-24-,28-27-,31-30-,39-37+. The van der Waals surface area contributed by atoms with Gasteiger partial charge < -0.3 is 28.8 Å². The molecule has 55 heavy (non-hydrogen) atoms. The van der Waals surface area contributed by atoms with Gasteiger partial charge in [-0.2, -0.15) is 0 Å². The lowest BCUT2D eigenvalue weighted by Crippen LogP contribution is -2.45. The first-order chi connectivity index (χ1) is 26.5. The number of amides is 1. The molecule has 0 radical (unpaired) electrons. The number of carbonyl (C=O) groups is 1. The number of rotatable bonds is 35. The number of quaternary nitrogens is 1. The Bertz CT molecular complexity index is 1260. The van der Waals surface area contributed by atoms with Crippen LogP contribution in [-0.4, -0.2) is 68.5 Å². The first-order valence-corrected chi connectivity index (χ1v) is 22.2. The molecule has 0 fully saturated rings. The van der Waals surface area contributed by atoms with Gasteiger partial charge in [-0.05, 0) is 83.5 Å². The minimum Gasteiger partial charge on any atom is -0.756 e. The summed E-state index contributed by atoms with van der Waals surface area (Å²) in [7, 11) is 1.19. The number of hydrogen-bond donors (Lipinski definition) is 2. The highest BCUT2D eigenvalue weighted by Gasteiger charge is 2.23. The highest BCUT2D eigenvalue weighted by molar-refractivity contribution is 7.45. The zero-order valence-corrected chi connectivity index (χ0v) is 36.0. The van der Waals surface area contributed by atoms with Gasteiger partial charge in [0.25, 0.3) is 7.82 Å². The Balaban J connectivity index is 4.41. The van der Waals surface area contributed by atoms with Crippen LogP contribution in [0.3, 0.4) is 0 Å². The van der Waals surface area contributed by atoms with Gasteiger partial charge in [-0.3, -0.25) is 9.36 Å². The van der Waals surface area contributed by atoms with E-state index in [4.69, 9.17) is 9.05 Å². The third kappa shape index (κ3) is 39.2. The number of allylic oxidation sites excluding steroid dienone is 17. The van der Waals surface area contributed by atoms with Crippen LogP contribution in [0.2, 0.25) is 0 Å². The lowest BCUT2D eigenvalue weighted by molar-refractivity contribution is -0.870. The van der Waals surface area contributed by atoms with Gasteiger partial charge in [0.2, 0.25) is 5.91 Å². The second-order valence-electron chi connectivity index (χ2n) is 14.6. The Labute approximate surface area is 336 Å². The molecule has 0 saturated carbocycles. The number of carbonyl (C=O) groups excluding carboxylic acids is 1. The monoisotopic (exact) mass is 785 g/mol. The summed E-state index contributed by atoms with van der Waals surface area (Å²) in [6.07, 6.45) is 53.0. The van der Waals surface area contributed by atoms with E-state index in [-0.39, 0.29) is 18.9 Å². The van der Waals surface area contributed by atoms with Crippen molar-refractivity contribution in [3.63, 3.8) is 0 Å². The molecule has 0 aromatic carbocycles. The second kappa shape index (κ2) is 36.8. The Hall–Kier alpha value is -2.84. The normalized spacial score (nSPS) is 15.5. The number of hydrogen-bond acceptors (Lipinski definition) is 6. The summed E-state index contributed by atoms with van der Waals surface area (Å²) in [5.41, 5.74) is 0. The number of unbranched alkanes of at least 4 members (excludes halogenated alkanes) is 6. The molecule has 0 aliphatic rings. The first kappa shape index (κ1) is 52.2. The maximum atomic E-state index is 12.8. The molecular formula is C46H77N2O6P. The van der Waals surface area contributed by atoms with Crippen LogP contribution in [0.5, 0.6) is 0 Å². The van der Waals surface area contributed by atoms with Crippen LogP contribution >= 0.6 is 7.82 Å². The molecule has 0 aromatic rings. The molecule has 9 heteroatoms. The Morgan fingerprint density at radius 2 is 1.13 bits per heavy atom. The molecule has 0 aliphatic carbocycles. The molecule has 312 valence electrons. The van der Waals surface area contributed by atoms with Gasteiger partial charge >= 0.3 is 0 Å². The minimum atomic E-state index is -4.60. The lowest BCUT2D eigenvalue weighted by Gasteiger charge is -2.29. The number of phosphoric ester groups is 1. The quantitative estimate of drug-likeness (QED) is 0.0287. The van der Waals surface area contributed by atoms with Crippen LogP contribution in [0.15, 0.2) is 109 Å². The van der Waals surface area contributed by atoms with Gasteiger partial charge in [0, 0.05) is 6.42 Å². The zero-order chi connectivity index (χ0) is 40.7. The van der Waals surface area contributed by atoms with Crippen LogP contribution in [0, 0.1) is 0 Å². The van der Waals surface area contributed by atoms with Crippen LogP contribution in [0.1, 0.15) is 123 Å². The van der Waals surface area contributed by atoms with Crippen LogP contribution in [-0.2, 0) is 18.4 Å². The molecule has 0 rings (SSSR count). The van der Waals surface area contributed by atoms with Crippen LogP contribution < -0.4 is 10.2 Å². The summed E-state index contributed by atoms with van der Waals surface area (Å²) >= 11 is 0. The van der Waals surface area contributed by atoms with Crippen LogP contribution in [0.25, 0.3) is 0 Å². The molecule has 8 nitrogen and oxygen atoms in total. The van der Waals surface area contributed by atoms with Crippen molar-refractivity contribution in [2.45, 2.75) is 135 Å². The predicted molar refractivity (Wildman–Crippen MR) is 232 cm³/mol. The molecule has 0 heterocycles. The fraction of sp³-hybridized carbons (Fsp3) is 0.587. The van der Waals surface area contributed by atoms with Gasteiger partial charge in [-0.25, -0.2) is 0 Å². The van der Waals surface area contributed by atoms with Crippen molar-refractivity contribution >= 4 is 13.7 Å². The molecule has 2 N–H and O–H groups in total. The zero-order valence-electron chi connectivity index (χ0n) is 35.1. The summed E-state index contributed by atoms with van der Waals surface area (Å²) in [6.45, 7) is 4.36.